The van der Waals surface area contributed by atoms with Crippen LogP contribution >= 0.6 is 12.4 Å². The molecule has 0 spiro atoms. The van der Waals surface area contributed by atoms with Gasteiger partial charge in [0.05, 0.1) is 17.7 Å². The molecule has 1 heterocycles. The van der Waals surface area contributed by atoms with Crippen LogP contribution in [0.15, 0.2) is 97.3 Å². The highest BCUT2D eigenvalue weighted by atomic mass is 35.5. The average molecular weight is 618 g/mol. The number of rotatable bonds is 15. The zero-order chi connectivity index (χ0) is 30.4. The largest absolute Gasteiger partial charge is 0.494 e. The van der Waals surface area contributed by atoms with Gasteiger partial charge in [0.2, 0.25) is 0 Å². The Bertz CT molecular complexity index is 1440. The number of anilines is 1. The average Bonchev–Trinajstić information content (AvgIpc) is 3.02. The van der Waals surface area contributed by atoms with Crippen molar-refractivity contribution in [1.29, 1.82) is 0 Å². The summed E-state index contributed by atoms with van der Waals surface area (Å²) in [5.74, 6) is 0.517. The standard InChI is InChI=1S/C36H41N2O5.ClH/c1-4-5-6-7-8-9-26-41-32-16-14-30(15-17-32)36(40)43-34-20-18-33(19-21-34)42-35(39)29-12-10-28(11-13-29)27-38-24-22-31(23-25-38)37(2)3;/h10-25H,4-9,26-27H2,1-3H3;1H/q+1;. The maximum Gasteiger partial charge on any atom is 0.343 e. The van der Waals surface area contributed by atoms with E-state index in [2.05, 4.69) is 28.5 Å². The number of ether oxygens (including phenoxy) is 3. The third-order valence-corrected chi connectivity index (χ3v) is 7.05. The van der Waals surface area contributed by atoms with Crippen molar-refractivity contribution in [1.82, 2.24) is 0 Å². The van der Waals surface area contributed by atoms with Crippen LogP contribution < -0.4 is 23.7 Å². The van der Waals surface area contributed by atoms with Crippen LogP contribution in [-0.4, -0.2) is 32.6 Å². The van der Waals surface area contributed by atoms with E-state index in [9.17, 15) is 9.59 Å². The first kappa shape index (κ1) is 34.1. The topological polar surface area (TPSA) is 69.0 Å². The van der Waals surface area contributed by atoms with Gasteiger partial charge in [-0.25, -0.2) is 14.2 Å². The normalized spacial score (nSPS) is 10.4. The van der Waals surface area contributed by atoms with Crippen LogP contribution in [0.2, 0.25) is 0 Å². The molecule has 0 atom stereocenters. The number of carbonyl (C=O) groups excluding carboxylic acids is 2. The summed E-state index contributed by atoms with van der Waals surface area (Å²) >= 11 is 0. The van der Waals surface area contributed by atoms with Crippen molar-refractivity contribution in [2.75, 3.05) is 25.6 Å². The number of pyridine rings is 1. The van der Waals surface area contributed by atoms with Crippen LogP contribution in [0.3, 0.4) is 0 Å². The Labute approximate surface area is 266 Å². The van der Waals surface area contributed by atoms with Gasteiger partial charge in [-0.1, -0.05) is 51.2 Å². The van der Waals surface area contributed by atoms with Crippen LogP contribution in [-0.2, 0) is 6.54 Å². The third kappa shape index (κ3) is 10.7. The Morgan fingerprint density at radius 1 is 0.636 bits per heavy atom. The van der Waals surface area contributed by atoms with Crippen LogP contribution in [0.25, 0.3) is 0 Å². The van der Waals surface area contributed by atoms with Gasteiger partial charge < -0.3 is 19.1 Å². The molecule has 0 amide bonds. The summed E-state index contributed by atoms with van der Waals surface area (Å²) < 4.78 is 18.9. The van der Waals surface area contributed by atoms with Crippen molar-refractivity contribution in [3.63, 3.8) is 0 Å². The number of unbranched alkanes of at least 4 members (excludes halogenated alkanes) is 5. The predicted octanol–water partition coefficient (Wildman–Crippen LogP) is 7.69. The van der Waals surface area contributed by atoms with E-state index in [4.69, 9.17) is 14.2 Å². The molecule has 0 unspecified atom stereocenters. The first-order valence-corrected chi connectivity index (χ1v) is 14.9. The lowest BCUT2D eigenvalue weighted by Gasteiger charge is -2.10. The molecule has 4 rings (SSSR count). The Kier molecular flexibility index (Phi) is 13.7. The summed E-state index contributed by atoms with van der Waals surface area (Å²) in [6, 6.07) is 24.8. The quantitative estimate of drug-likeness (QED) is 0.0590. The van der Waals surface area contributed by atoms with E-state index in [0.717, 1.165) is 23.4 Å². The van der Waals surface area contributed by atoms with E-state index in [1.165, 1.54) is 32.1 Å². The van der Waals surface area contributed by atoms with E-state index in [-0.39, 0.29) is 12.4 Å². The number of carbonyl (C=O) groups is 2. The van der Waals surface area contributed by atoms with Gasteiger partial charge in [-0.3, -0.25) is 0 Å². The van der Waals surface area contributed by atoms with E-state index in [1.54, 1.807) is 60.7 Å². The molecule has 0 aliphatic heterocycles. The molecule has 4 aromatic rings. The highest BCUT2D eigenvalue weighted by Crippen LogP contribution is 2.21. The molecule has 0 radical (unpaired) electrons. The molecule has 0 saturated heterocycles. The van der Waals surface area contributed by atoms with Gasteiger partial charge in [0.25, 0.3) is 0 Å². The minimum atomic E-state index is -0.473. The van der Waals surface area contributed by atoms with Crippen molar-refractivity contribution in [3.8, 4) is 17.2 Å². The predicted molar refractivity (Wildman–Crippen MR) is 175 cm³/mol. The summed E-state index contributed by atoms with van der Waals surface area (Å²) in [5.41, 5.74) is 3.08. The molecule has 44 heavy (non-hydrogen) atoms. The number of halogens is 1. The highest BCUT2D eigenvalue weighted by molar-refractivity contribution is 5.92. The monoisotopic (exact) mass is 617 g/mol. The fourth-order valence-electron chi connectivity index (χ4n) is 4.48. The maximum atomic E-state index is 12.7. The van der Waals surface area contributed by atoms with Gasteiger partial charge in [-0.05, 0) is 67.1 Å². The second-order valence-electron chi connectivity index (χ2n) is 10.7. The van der Waals surface area contributed by atoms with E-state index < -0.39 is 11.9 Å². The van der Waals surface area contributed by atoms with E-state index in [0.29, 0.717) is 35.8 Å². The second kappa shape index (κ2) is 17.7. The fraction of sp³-hybridized carbons (Fsp3) is 0.306. The molecule has 0 fully saturated rings. The lowest BCUT2D eigenvalue weighted by atomic mass is 10.1. The number of esters is 2. The van der Waals surface area contributed by atoms with Gasteiger partial charge in [-0.15, -0.1) is 12.4 Å². The summed E-state index contributed by atoms with van der Waals surface area (Å²) in [7, 11) is 4.02. The van der Waals surface area contributed by atoms with Gasteiger partial charge in [0.1, 0.15) is 17.2 Å². The molecule has 0 saturated carbocycles. The molecule has 0 bridgehead atoms. The molecule has 232 valence electrons. The Hall–Kier alpha value is -4.36. The van der Waals surface area contributed by atoms with Gasteiger partial charge in [0.15, 0.2) is 18.9 Å². The maximum absolute atomic E-state index is 12.7. The van der Waals surface area contributed by atoms with Crippen molar-refractivity contribution in [2.24, 2.45) is 0 Å². The molecule has 1 aromatic heterocycles. The Morgan fingerprint density at radius 2 is 1.11 bits per heavy atom. The zero-order valence-corrected chi connectivity index (χ0v) is 26.6. The minimum absolute atomic E-state index is 0. The lowest BCUT2D eigenvalue weighted by Crippen LogP contribution is -2.33. The fourth-order valence-corrected chi connectivity index (χ4v) is 4.48. The highest BCUT2D eigenvalue weighted by Gasteiger charge is 2.12. The van der Waals surface area contributed by atoms with Crippen molar-refractivity contribution < 1.29 is 28.4 Å². The molecular formula is C36H42ClN2O5+. The molecule has 7 nitrogen and oxygen atoms in total. The Balaban J connectivity index is 0.00000529. The summed E-state index contributed by atoms with van der Waals surface area (Å²) in [6.45, 7) is 3.58. The number of nitrogens with zero attached hydrogens (tertiary/aromatic N) is 2. The molecule has 3 aromatic carbocycles. The smallest absolute Gasteiger partial charge is 0.343 e. The van der Waals surface area contributed by atoms with Crippen LogP contribution in [0.4, 0.5) is 5.69 Å². The summed E-state index contributed by atoms with van der Waals surface area (Å²) in [4.78, 5) is 27.3. The SMILES string of the molecule is CCCCCCCCOc1ccc(C(=O)Oc2ccc(OC(=O)c3ccc(C[n+]4ccc(N(C)C)cc4)cc3)cc2)cc1.Cl. The molecular weight excluding hydrogens is 576 g/mol. The summed E-state index contributed by atoms with van der Waals surface area (Å²) in [5, 5.41) is 0. The van der Waals surface area contributed by atoms with Gasteiger partial charge >= 0.3 is 11.9 Å². The molecule has 0 aliphatic carbocycles. The Morgan fingerprint density at radius 3 is 1.64 bits per heavy atom. The summed E-state index contributed by atoms with van der Waals surface area (Å²) in [6.07, 6.45) is 11.3. The number of aromatic nitrogens is 1. The van der Waals surface area contributed by atoms with Gasteiger partial charge in [0, 0.05) is 37.5 Å². The molecule has 0 aliphatic rings. The van der Waals surface area contributed by atoms with E-state index >= 15 is 0 Å². The minimum Gasteiger partial charge on any atom is -0.494 e. The second-order valence-corrected chi connectivity index (χ2v) is 10.7. The van der Waals surface area contributed by atoms with Crippen molar-refractivity contribution >= 4 is 30.0 Å². The van der Waals surface area contributed by atoms with Crippen LogP contribution in [0.5, 0.6) is 17.2 Å². The number of hydrogen-bond acceptors (Lipinski definition) is 6. The first-order chi connectivity index (χ1) is 20.9. The molecule has 8 heteroatoms. The van der Waals surface area contributed by atoms with Crippen molar-refractivity contribution in [3.05, 3.63) is 114 Å². The molecule has 0 N–H and O–H groups in total. The zero-order valence-electron chi connectivity index (χ0n) is 25.7. The van der Waals surface area contributed by atoms with Gasteiger partial charge in [-0.2, -0.15) is 0 Å². The number of benzene rings is 3. The van der Waals surface area contributed by atoms with E-state index in [1.807, 2.05) is 38.6 Å². The third-order valence-electron chi connectivity index (χ3n) is 7.05. The van der Waals surface area contributed by atoms with Crippen LogP contribution in [0, 0.1) is 0 Å². The number of hydrogen-bond donors (Lipinski definition) is 0. The lowest BCUT2D eigenvalue weighted by molar-refractivity contribution is -0.688. The van der Waals surface area contributed by atoms with Crippen molar-refractivity contribution in [2.45, 2.75) is 52.0 Å². The van der Waals surface area contributed by atoms with Crippen LogP contribution in [0.1, 0.15) is 71.7 Å². The first-order valence-electron chi connectivity index (χ1n) is 14.9.